The Morgan fingerprint density at radius 3 is 1.28 bits per heavy atom. The van der Waals surface area contributed by atoms with Gasteiger partial charge >= 0.3 is 0 Å². The van der Waals surface area contributed by atoms with Gasteiger partial charge in [0.25, 0.3) is 0 Å². The van der Waals surface area contributed by atoms with Crippen molar-refractivity contribution in [2.75, 3.05) is 6.54 Å². The minimum absolute atomic E-state index is 0.0453. The van der Waals surface area contributed by atoms with Crippen molar-refractivity contribution in [3.05, 3.63) is 179 Å². The van der Waals surface area contributed by atoms with Crippen molar-refractivity contribution >= 4 is 0 Å². The Bertz CT molecular complexity index is 1300. The van der Waals surface area contributed by atoms with Gasteiger partial charge in [-0.25, -0.2) is 0 Å². The van der Waals surface area contributed by atoms with E-state index in [4.69, 9.17) is 0 Å². The number of hydrogen-bond donors (Lipinski definition) is 1. The van der Waals surface area contributed by atoms with Crippen molar-refractivity contribution < 1.29 is 5.11 Å². The second kappa shape index (κ2) is 11.4. The summed E-state index contributed by atoms with van der Waals surface area (Å²) >= 11 is 0. The molecule has 0 aliphatic carbocycles. The molecule has 5 aromatic rings. The highest BCUT2D eigenvalue weighted by molar-refractivity contribution is 5.50. The molecule has 6 rings (SSSR count). The van der Waals surface area contributed by atoms with E-state index in [1.54, 1.807) is 0 Å². The van der Waals surface area contributed by atoms with Gasteiger partial charge in [-0.05, 0) is 40.7 Å². The zero-order valence-corrected chi connectivity index (χ0v) is 22.2. The first-order valence-corrected chi connectivity index (χ1v) is 14.0. The quantitative estimate of drug-likeness (QED) is 0.217. The van der Waals surface area contributed by atoms with Crippen LogP contribution in [0.3, 0.4) is 0 Å². The van der Waals surface area contributed by atoms with Gasteiger partial charge in [0.15, 0.2) is 0 Å². The topological polar surface area (TPSA) is 23.5 Å². The molecule has 1 unspecified atom stereocenters. The molecule has 0 saturated carbocycles. The van der Waals surface area contributed by atoms with Gasteiger partial charge in [-0.2, -0.15) is 0 Å². The van der Waals surface area contributed by atoms with Crippen molar-refractivity contribution in [2.24, 2.45) is 0 Å². The largest absolute Gasteiger partial charge is 0.391 e. The SMILES string of the molecule is O[C@@H](C(c1ccccc1)c1ccccc1)C1CCCN1C(c1ccccc1)(c1ccccc1)c1ccccc1. The summed E-state index contributed by atoms with van der Waals surface area (Å²) in [7, 11) is 0. The van der Waals surface area contributed by atoms with Crippen LogP contribution in [0, 0.1) is 0 Å². The summed E-state index contributed by atoms with van der Waals surface area (Å²) in [5.74, 6) is -0.127. The lowest BCUT2D eigenvalue weighted by atomic mass is 9.74. The number of aliphatic hydroxyl groups excluding tert-OH is 1. The Kier molecular flexibility index (Phi) is 7.40. The Balaban J connectivity index is 1.54. The van der Waals surface area contributed by atoms with Crippen LogP contribution in [0.5, 0.6) is 0 Å². The van der Waals surface area contributed by atoms with Crippen LogP contribution in [0.1, 0.15) is 46.6 Å². The lowest BCUT2D eigenvalue weighted by molar-refractivity contribution is 0.0246. The molecule has 1 heterocycles. The van der Waals surface area contributed by atoms with Crippen LogP contribution in [0.15, 0.2) is 152 Å². The van der Waals surface area contributed by atoms with Crippen molar-refractivity contribution in [3.8, 4) is 0 Å². The molecule has 1 N–H and O–H groups in total. The van der Waals surface area contributed by atoms with E-state index in [1.165, 1.54) is 16.7 Å². The molecule has 1 aliphatic rings. The van der Waals surface area contributed by atoms with Gasteiger partial charge in [0.1, 0.15) is 0 Å². The first kappa shape index (κ1) is 25.3. The standard InChI is InChI=1S/C37H35NO/c39-36(35(29-17-6-1-7-18-29)30-19-8-2-9-20-30)34-27-16-28-38(34)37(31-21-10-3-11-22-31,32-23-12-4-13-24-32)33-25-14-5-15-26-33/h1-15,17-26,34-36,39H,16,27-28H2/t34?,36-/m1/s1. The fourth-order valence-electron chi connectivity index (χ4n) is 6.73. The van der Waals surface area contributed by atoms with Gasteiger partial charge in [-0.15, -0.1) is 0 Å². The predicted molar refractivity (Wildman–Crippen MR) is 160 cm³/mol. The van der Waals surface area contributed by atoms with Gasteiger partial charge in [0, 0.05) is 18.5 Å². The number of benzene rings is 5. The average Bonchev–Trinajstić information content (AvgIpc) is 3.51. The smallest absolute Gasteiger partial charge is 0.0976 e. The average molecular weight is 510 g/mol. The van der Waals surface area contributed by atoms with Crippen LogP contribution >= 0.6 is 0 Å². The summed E-state index contributed by atoms with van der Waals surface area (Å²) in [6.45, 7) is 0.900. The zero-order valence-electron chi connectivity index (χ0n) is 22.2. The molecule has 0 bridgehead atoms. The summed E-state index contributed by atoms with van der Waals surface area (Å²) in [5.41, 5.74) is 5.41. The molecule has 1 fully saturated rings. The fourth-order valence-corrected chi connectivity index (χ4v) is 6.73. The number of rotatable bonds is 8. The molecule has 194 valence electrons. The zero-order chi connectivity index (χ0) is 26.5. The lowest BCUT2D eigenvalue weighted by Gasteiger charge is -2.48. The molecule has 0 spiro atoms. The van der Waals surface area contributed by atoms with Gasteiger partial charge in [-0.1, -0.05) is 152 Å². The lowest BCUT2D eigenvalue weighted by Crippen LogP contribution is -2.54. The Morgan fingerprint density at radius 1 is 0.538 bits per heavy atom. The van der Waals surface area contributed by atoms with Crippen LogP contribution in [0.2, 0.25) is 0 Å². The molecule has 39 heavy (non-hydrogen) atoms. The highest BCUT2D eigenvalue weighted by atomic mass is 16.3. The van der Waals surface area contributed by atoms with E-state index in [1.807, 2.05) is 12.1 Å². The minimum atomic E-state index is -0.590. The molecular weight excluding hydrogens is 474 g/mol. The van der Waals surface area contributed by atoms with Crippen molar-refractivity contribution in [1.82, 2.24) is 4.90 Å². The molecule has 2 atom stereocenters. The maximum absolute atomic E-state index is 12.4. The van der Waals surface area contributed by atoms with E-state index in [0.29, 0.717) is 0 Å². The Hall–Kier alpha value is -3.98. The third kappa shape index (κ3) is 4.71. The predicted octanol–water partition coefficient (Wildman–Crippen LogP) is 7.64. The normalized spacial score (nSPS) is 16.8. The van der Waals surface area contributed by atoms with Gasteiger partial charge in [-0.3, -0.25) is 4.90 Å². The maximum atomic E-state index is 12.4. The van der Waals surface area contributed by atoms with Crippen molar-refractivity contribution in [1.29, 1.82) is 0 Å². The number of aliphatic hydroxyl groups is 1. The van der Waals surface area contributed by atoms with Crippen molar-refractivity contribution in [2.45, 2.75) is 36.4 Å². The van der Waals surface area contributed by atoms with Gasteiger partial charge < -0.3 is 5.11 Å². The maximum Gasteiger partial charge on any atom is 0.0976 e. The fraction of sp³-hybridized carbons (Fsp3) is 0.189. The Labute approximate surface area is 232 Å². The first-order valence-electron chi connectivity index (χ1n) is 14.0. The summed E-state index contributed by atoms with van der Waals surface area (Å²) in [5, 5.41) is 12.4. The number of nitrogens with zero attached hydrogens (tertiary/aromatic N) is 1. The van der Waals surface area contributed by atoms with E-state index >= 15 is 0 Å². The van der Waals surface area contributed by atoms with Crippen molar-refractivity contribution in [3.63, 3.8) is 0 Å². The summed E-state index contributed by atoms with van der Waals surface area (Å²) < 4.78 is 0. The minimum Gasteiger partial charge on any atom is -0.391 e. The van der Waals surface area contributed by atoms with Gasteiger partial charge in [0.05, 0.1) is 11.6 Å². The molecule has 2 heteroatoms. The van der Waals surface area contributed by atoms with Crippen LogP contribution in [0.25, 0.3) is 0 Å². The molecule has 1 aliphatic heterocycles. The third-order valence-corrected chi connectivity index (χ3v) is 8.36. The van der Waals surface area contributed by atoms with Crippen LogP contribution in [-0.4, -0.2) is 28.7 Å². The summed E-state index contributed by atoms with van der Waals surface area (Å²) in [6, 6.07) is 53.5. The van der Waals surface area contributed by atoms with Crippen LogP contribution < -0.4 is 0 Å². The molecule has 0 radical (unpaired) electrons. The van der Waals surface area contributed by atoms with E-state index in [-0.39, 0.29) is 12.0 Å². The first-order chi connectivity index (χ1) is 19.3. The second-order valence-corrected chi connectivity index (χ2v) is 10.5. The molecule has 2 nitrogen and oxygen atoms in total. The van der Waals surface area contributed by atoms with E-state index in [9.17, 15) is 5.11 Å². The molecule has 5 aromatic carbocycles. The van der Waals surface area contributed by atoms with E-state index < -0.39 is 11.6 Å². The highest BCUT2D eigenvalue weighted by Gasteiger charge is 2.49. The van der Waals surface area contributed by atoms with Crippen LogP contribution in [0.4, 0.5) is 0 Å². The number of likely N-dealkylation sites (tertiary alicyclic amines) is 1. The van der Waals surface area contributed by atoms with Crippen LogP contribution in [-0.2, 0) is 5.54 Å². The molecule has 0 amide bonds. The summed E-state index contributed by atoms with van der Waals surface area (Å²) in [4.78, 5) is 2.59. The molecule has 1 saturated heterocycles. The highest BCUT2D eigenvalue weighted by Crippen LogP contribution is 2.48. The summed E-state index contributed by atoms with van der Waals surface area (Å²) in [6.07, 6.45) is 1.38. The monoisotopic (exact) mass is 509 g/mol. The molecular formula is C37H35NO. The number of hydrogen-bond acceptors (Lipinski definition) is 2. The van der Waals surface area contributed by atoms with E-state index in [2.05, 4.69) is 144 Å². The van der Waals surface area contributed by atoms with Gasteiger partial charge in [0.2, 0.25) is 0 Å². The Morgan fingerprint density at radius 2 is 0.897 bits per heavy atom. The van der Waals surface area contributed by atoms with E-state index in [0.717, 1.165) is 30.5 Å². The third-order valence-electron chi connectivity index (χ3n) is 8.36. The second-order valence-electron chi connectivity index (χ2n) is 10.5. The molecule has 0 aromatic heterocycles.